The number of piperidine rings is 1. The molecule has 1 aromatic carbocycles. The van der Waals surface area contributed by atoms with E-state index in [0.717, 1.165) is 17.4 Å². The van der Waals surface area contributed by atoms with E-state index >= 15 is 0 Å². The van der Waals surface area contributed by atoms with Crippen LogP contribution in [0.15, 0.2) is 18.2 Å². The summed E-state index contributed by atoms with van der Waals surface area (Å²) in [6.07, 6.45) is 3.68. The lowest BCUT2D eigenvalue weighted by Crippen LogP contribution is -2.40. The standard InChI is InChI=1S/C14H19BrFNO/c1-18-13-6-5-11(14(16)8-13)10-17-7-3-2-4-12(17)9-15/h5-6,8,12H,2-4,7,9-10H2,1H3. The van der Waals surface area contributed by atoms with Crippen molar-refractivity contribution in [1.29, 1.82) is 0 Å². The summed E-state index contributed by atoms with van der Waals surface area (Å²) in [5, 5.41) is 0.963. The van der Waals surface area contributed by atoms with Crippen LogP contribution in [0.5, 0.6) is 5.75 Å². The van der Waals surface area contributed by atoms with Gasteiger partial charge in [0.25, 0.3) is 0 Å². The second kappa shape index (κ2) is 6.53. The predicted octanol–water partition coefficient (Wildman–Crippen LogP) is 3.58. The lowest BCUT2D eigenvalue weighted by Gasteiger charge is -2.34. The van der Waals surface area contributed by atoms with Crippen molar-refractivity contribution in [3.63, 3.8) is 0 Å². The van der Waals surface area contributed by atoms with E-state index in [4.69, 9.17) is 4.74 Å². The fourth-order valence-electron chi connectivity index (χ4n) is 2.44. The number of hydrogen-bond acceptors (Lipinski definition) is 2. The third-order valence-corrected chi connectivity index (χ3v) is 4.31. The normalized spacial score (nSPS) is 20.9. The van der Waals surface area contributed by atoms with Gasteiger partial charge in [-0.1, -0.05) is 28.4 Å². The third kappa shape index (κ3) is 3.23. The van der Waals surface area contributed by atoms with Crippen LogP contribution in [-0.2, 0) is 6.54 Å². The van der Waals surface area contributed by atoms with E-state index in [1.807, 2.05) is 12.1 Å². The van der Waals surface area contributed by atoms with Crippen molar-refractivity contribution in [3.05, 3.63) is 29.6 Å². The smallest absolute Gasteiger partial charge is 0.131 e. The van der Waals surface area contributed by atoms with Crippen molar-refractivity contribution in [2.24, 2.45) is 0 Å². The molecule has 1 aliphatic rings. The Labute approximate surface area is 116 Å². The summed E-state index contributed by atoms with van der Waals surface area (Å²) < 4.78 is 18.9. The third-order valence-electron chi connectivity index (χ3n) is 3.56. The Hall–Kier alpha value is -0.610. The zero-order valence-corrected chi connectivity index (χ0v) is 12.2. The fraction of sp³-hybridized carbons (Fsp3) is 0.571. The first-order valence-corrected chi connectivity index (χ1v) is 7.49. The number of likely N-dealkylation sites (tertiary alicyclic amines) is 1. The molecule has 0 aliphatic carbocycles. The summed E-state index contributed by atoms with van der Waals surface area (Å²) in [7, 11) is 1.56. The van der Waals surface area contributed by atoms with E-state index in [9.17, 15) is 4.39 Å². The summed E-state index contributed by atoms with van der Waals surface area (Å²) in [6, 6.07) is 5.64. The van der Waals surface area contributed by atoms with Crippen LogP contribution in [0, 0.1) is 5.82 Å². The monoisotopic (exact) mass is 315 g/mol. The van der Waals surface area contributed by atoms with Crippen molar-refractivity contribution < 1.29 is 9.13 Å². The highest BCUT2D eigenvalue weighted by molar-refractivity contribution is 9.09. The summed E-state index contributed by atoms with van der Waals surface area (Å²) in [5.41, 5.74) is 0.753. The molecule has 0 N–H and O–H groups in total. The van der Waals surface area contributed by atoms with Crippen molar-refractivity contribution in [2.75, 3.05) is 19.0 Å². The van der Waals surface area contributed by atoms with Gasteiger partial charge in [0.1, 0.15) is 11.6 Å². The highest BCUT2D eigenvalue weighted by Crippen LogP contribution is 2.23. The van der Waals surface area contributed by atoms with Crippen molar-refractivity contribution >= 4 is 15.9 Å². The number of methoxy groups -OCH3 is 1. The molecule has 18 heavy (non-hydrogen) atoms. The van der Waals surface area contributed by atoms with Gasteiger partial charge in [0.2, 0.25) is 0 Å². The molecular formula is C14H19BrFNO. The minimum Gasteiger partial charge on any atom is -0.497 e. The minimum atomic E-state index is -0.173. The first-order valence-electron chi connectivity index (χ1n) is 6.37. The SMILES string of the molecule is COc1ccc(CN2CCCCC2CBr)c(F)c1. The number of halogens is 2. The van der Waals surface area contributed by atoms with Crippen LogP contribution in [0.1, 0.15) is 24.8 Å². The van der Waals surface area contributed by atoms with Gasteiger partial charge in [-0.15, -0.1) is 0 Å². The molecule has 0 aromatic heterocycles. The van der Waals surface area contributed by atoms with Crippen LogP contribution < -0.4 is 4.74 Å². The van der Waals surface area contributed by atoms with Gasteiger partial charge in [-0.25, -0.2) is 4.39 Å². The zero-order chi connectivity index (χ0) is 13.0. The van der Waals surface area contributed by atoms with Gasteiger partial charge >= 0.3 is 0 Å². The molecular weight excluding hydrogens is 297 g/mol. The molecule has 0 saturated carbocycles. The molecule has 1 heterocycles. The van der Waals surface area contributed by atoms with Gasteiger partial charge in [-0.05, 0) is 25.5 Å². The van der Waals surface area contributed by atoms with E-state index < -0.39 is 0 Å². The van der Waals surface area contributed by atoms with Crippen LogP contribution in [0.3, 0.4) is 0 Å². The second-order valence-corrected chi connectivity index (χ2v) is 5.38. The average molecular weight is 316 g/mol. The largest absolute Gasteiger partial charge is 0.497 e. The van der Waals surface area contributed by atoms with E-state index in [-0.39, 0.29) is 5.82 Å². The van der Waals surface area contributed by atoms with E-state index in [2.05, 4.69) is 20.8 Å². The van der Waals surface area contributed by atoms with Gasteiger partial charge in [0.05, 0.1) is 7.11 Å². The molecule has 0 spiro atoms. The maximum Gasteiger partial charge on any atom is 0.131 e. The van der Waals surface area contributed by atoms with Crippen molar-refractivity contribution in [1.82, 2.24) is 4.90 Å². The minimum absolute atomic E-state index is 0.173. The van der Waals surface area contributed by atoms with Crippen LogP contribution in [-0.4, -0.2) is 29.9 Å². The number of ether oxygens (including phenoxy) is 1. The van der Waals surface area contributed by atoms with Gasteiger partial charge in [-0.3, -0.25) is 4.90 Å². The van der Waals surface area contributed by atoms with Crippen LogP contribution in [0.2, 0.25) is 0 Å². The lowest BCUT2D eigenvalue weighted by atomic mass is 10.0. The summed E-state index contributed by atoms with van der Waals surface area (Å²) >= 11 is 3.55. The number of rotatable bonds is 4. The van der Waals surface area contributed by atoms with E-state index in [1.54, 1.807) is 7.11 Å². The molecule has 1 unspecified atom stereocenters. The summed E-state index contributed by atoms with van der Waals surface area (Å²) in [4.78, 5) is 2.36. The lowest BCUT2D eigenvalue weighted by molar-refractivity contribution is 0.155. The van der Waals surface area contributed by atoms with E-state index in [1.165, 1.54) is 25.3 Å². The van der Waals surface area contributed by atoms with Gasteiger partial charge < -0.3 is 4.74 Å². The van der Waals surface area contributed by atoms with Crippen molar-refractivity contribution in [2.45, 2.75) is 31.8 Å². The number of nitrogens with zero attached hydrogens (tertiary/aromatic N) is 1. The Morgan fingerprint density at radius 2 is 2.28 bits per heavy atom. The molecule has 100 valence electrons. The van der Waals surface area contributed by atoms with Gasteiger partial charge in [0, 0.05) is 29.5 Å². The highest BCUT2D eigenvalue weighted by Gasteiger charge is 2.22. The molecule has 1 aliphatic heterocycles. The molecule has 1 fully saturated rings. The first-order chi connectivity index (χ1) is 8.74. The average Bonchev–Trinajstić information content (AvgIpc) is 2.41. The Kier molecular flexibility index (Phi) is 5.01. The molecule has 2 rings (SSSR count). The fourth-order valence-corrected chi connectivity index (χ4v) is 3.18. The zero-order valence-electron chi connectivity index (χ0n) is 10.7. The van der Waals surface area contributed by atoms with Crippen LogP contribution in [0.25, 0.3) is 0 Å². The van der Waals surface area contributed by atoms with Crippen LogP contribution in [0.4, 0.5) is 4.39 Å². The molecule has 1 atom stereocenters. The van der Waals surface area contributed by atoms with E-state index in [0.29, 0.717) is 18.3 Å². The highest BCUT2D eigenvalue weighted by atomic mass is 79.9. The first kappa shape index (κ1) is 13.8. The molecule has 0 amide bonds. The predicted molar refractivity (Wildman–Crippen MR) is 74.8 cm³/mol. The molecule has 0 radical (unpaired) electrons. The second-order valence-electron chi connectivity index (χ2n) is 4.73. The molecule has 0 bridgehead atoms. The summed E-state index contributed by atoms with van der Waals surface area (Å²) in [6.45, 7) is 1.74. The van der Waals surface area contributed by atoms with Crippen LogP contribution >= 0.6 is 15.9 Å². The number of alkyl halides is 1. The maximum absolute atomic E-state index is 13.9. The Bertz CT molecular complexity index is 399. The van der Waals surface area contributed by atoms with Gasteiger partial charge in [0.15, 0.2) is 0 Å². The molecule has 4 heteroatoms. The number of benzene rings is 1. The summed E-state index contributed by atoms with van der Waals surface area (Å²) in [5.74, 6) is 0.403. The maximum atomic E-state index is 13.9. The Morgan fingerprint density at radius 1 is 1.44 bits per heavy atom. The number of hydrogen-bond donors (Lipinski definition) is 0. The molecule has 1 saturated heterocycles. The Balaban J connectivity index is 2.07. The molecule has 1 aromatic rings. The molecule has 2 nitrogen and oxygen atoms in total. The van der Waals surface area contributed by atoms with Crippen molar-refractivity contribution in [3.8, 4) is 5.75 Å². The topological polar surface area (TPSA) is 12.5 Å². The Morgan fingerprint density at radius 3 is 2.94 bits per heavy atom. The quantitative estimate of drug-likeness (QED) is 0.787. The van der Waals surface area contributed by atoms with Gasteiger partial charge in [-0.2, -0.15) is 0 Å².